The predicted molar refractivity (Wildman–Crippen MR) is 71.3 cm³/mol. The minimum absolute atomic E-state index is 0.0784. The molecule has 112 valence electrons. The molecule has 1 atom stereocenters. The first-order chi connectivity index (χ1) is 9.35. The number of carbonyl (C=O) groups is 1. The standard InChI is InChI=1S/C12H17NO6S/c1-8(17-2)12(14)13-20(15,16)11-6-5-9(18-3)7-10(11)19-4/h5-8H,1-4H3,(H,13,14)/t8-/m0/s1. The lowest BCUT2D eigenvalue weighted by Crippen LogP contribution is -2.38. The molecule has 0 saturated carbocycles. The van der Waals surface area contributed by atoms with Crippen LogP contribution >= 0.6 is 0 Å². The molecule has 0 bridgehead atoms. The molecule has 0 radical (unpaired) electrons. The van der Waals surface area contributed by atoms with Crippen LogP contribution in [0.25, 0.3) is 0 Å². The smallest absolute Gasteiger partial charge is 0.267 e. The van der Waals surface area contributed by atoms with Crippen molar-refractivity contribution >= 4 is 15.9 Å². The van der Waals surface area contributed by atoms with Crippen molar-refractivity contribution in [2.75, 3.05) is 21.3 Å². The number of sulfonamides is 1. The summed E-state index contributed by atoms with van der Waals surface area (Å²) in [5.74, 6) is -0.238. The third kappa shape index (κ3) is 3.61. The van der Waals surface area contributed by atoms with Crippen LogP contribution in [-0.4, -0.2) is 41.8 Å². The zero-order chi connectivity index (χ0) is 15.3. The normalized spacial score (nSPS) is 12.6. The number of ether oxygens (including phenoxy) is 3. The van der Waals surface area contributed by atoms with Crippen LogP contribution in [0.2, 0.25) is 0 Å². The van der Waals surface area contributed by atoms with Crippen molar-refractivity contribution in [3.05, 3.63) is 18.2 Å². The quantitative estimate of drug-likeness (QED) is 0.825. The van der Waals surface area contributed by atoms with Gasteiger partial charge in [-0.1, -0.05) is 0 Å². The van der Waals surface area contributed by atoms with Crippen molar-refractivity contribution in [3.63, 3.8) is 0 Å². The summed E-state index contributed by atoms with van der Waals surface area (Å²) < 4.78 is 40.9. The SMILES string of the molecule is COc1ccc(S(=O)(=O)NC(=O)[C@H](C)OC)c(OC)c1. The lowest BCUT2D eigenvalue weighted by molar-refractivity contribution is -0.128. The van der Waals surface area contributed by atoms with E-state index in [2.05, 4.69) is 0 Å². The molecule has 0 heterocycles. The van der Waals surface area contributed by atoms with Gasteiger partial charge in [0.15, 0.2) is 0 Å². The number of amides is 1. The first-order valence-electron chi connectivity index (χ1n) is 5.67. The fourth-order valence-corrected chi connectivity index (χ4v) is 2.57. The monoisotopic (exact) mass is 303 g/mol. The van der Waals surface area contributed by atoms with Crippen molar-refractivity contribution in [3.8, 4) is 11.5 Å². The fourth-order valence-electron chi connectivity index (χ4n) is 1.37. The highest BCUT2D eigenvalue weighted by atomic mass is 32.2. The summed E-state index contributed by atoms with van der Waals surface area (Å²) in [7, 11) is 0.0441. The van der Waals surface area contributed by atoms with E-state index < -0.39 is 22.0 Å². The second kappa shape index (κ2) is 6.58. The second-order valence-corrected chi connectivity index (χ2v) is 5.52. The summed E-state index contributed by atoms with van der Waals surface area (Å²) in [6.45, 7) is 1.44. The van der Waals surface area contributed by atoms with Gasteiger partial charge < -0.3 is 14.2 Å². The number of rotatable bonds is 6. The molecule has 0 unspecified atom stereocenters. The summed E-state index contributed by atoms with van der Waals surface area (Å²) in [6.07, 6.45) is -0.881. The van der Waals surface area contributed by atoms with E-state index in [9.17, 15) is 13.2 Å². The fraction of sp³-hybridized carbons (Fsp3) is 0.417. The van der Waals surface area contributed by atoms with E-state index in [4.69, 9.17) is 14.2 Å². The van der Waals surface area contributed by atoms with Gasteiger partial charge in [0.1, 0.15) is 22.5 Å². The van der Waals surface area contributed by atoms with E-state index in [1.165, 1.54) is 46.5 Å². The van der Waals surface area contributed by atoms with E-state index in [1.54, 1.807) is 0 Å². The van der Waals surface area contributed by atoms with Crippen molar-refractivity contribution in [2.24, 2.45) is 0 Å². The molecule has 1 amide bonds. The molecule has 7 nitrogen and oxygen atoms in total. The molecular formula is C12H17NO6S. The van der Waals surface area contributed by atoms with E-state index in [1.807, 2.05) is 4.72 Å². The predicted octanol–water partition coefficient (Wildman–Crippen LogP) is 0.544. The maximum atomic E-state index is 12.1. The summed E-state index contributed by atoms with van der Waals surface area (Å²) in [4.78, 5) is 11.4. The highest BCUT2D eigenvalue weighted by molar-refractivity contribution is 7.90. The molecule has 1 aromatic rings. The molecule has 0 aliphatic heterocycles. The average Bonchev–Trinajstić information content (AvgIpc) is 2.44. The van der Waals surface area contributed by atoms with Gasteiger partial charge in [-0.05, 0) is 19.1 Å². The lowest BCUT2D eigenvalue weighted by atomic mass is 10.3. The molecule has 0 aliphatic rings. The highest BCUT2D eigenvalue weighted by Crippen LogP contribution is 2.28. The third-order valence-corrected chi connectivity index (χ3v) is 4.00. The van der Waals surface area contributed by atoms with Crippen LogP contribution in [-0.2, 0) is 19.6 Å². The Morgan fingerprint density at radius 3 is 2.35 bits per heavy atom. The zero-order valence-electron chi connectivity index (χ0n) is 11.7. The largest absolute Gasteiger partial charge is 0.497 e. The maximum Gasteiger partial charge on any atom is 0.267 e. The molecule has 0 aromatic heterocycles. The van der Waals surface area contributed by atoms with Gasteiger partial charge in [0.05, 0.1) is 14.2 Å². The van der Waals surface area contributed by atoms with E-state index in [0.717, 1.165) is 0 Å². The van der Waals surface area contributed by atoms with Crippen molar-refractivity contribution in [1.82, 2.24) is 4.72 Å². The van der Waals surface area contributed by atoms with Gasteiger partial charge >= 0.3 is 0 Å². The second-order valence-electron chi connectivity index (χ2n) is 3.86. The summed E-state index contributed by atoms with van der Waals surface area (Å²) in [5.41, 5.74) is 0. The molecule has 0 saturated heterocycles. The number of benzene rings is 1. The molecule has 0 aliphatic carbocycles. The topological polar surface area (TPSA) is 90.9 Å². The van der Waals surface area contributed by atoms with Crippen LogP contribution < -0.4 is 14.2 Å². The Bertz CT molecular complexity index is 584. The molecule has 8 heteroatoms. The first kappa shape index (κ1) is 16.3. The van der Waals surface area contributed by atoms with Crippen LogP contribution in [0.1, 0.15) is 6.92 Å². The zero-order valence-corrected chi connectivity index (χ0v) is 12.5. The molecule has 1 rings (SSSR count). The Morgan fingerprint density at radius 2 is 1.85 bits per heavy atom. The molecule has 1 aromatic carbocycles. The van der Waals surface area contributed by atoms with Gasteiger partial charge in [-0.15, -0.1) is 0 Å². The number of nitrogens with one attached hydrogen (secondary N) is 1. The van der Waals surface area contributed by atoms with E-state index in [0.29, 0.717) is 5.75 Å². The van der Waals surface area contributed by atoms with E-state index in [-0.39, 0.29) is 10.6 Å². The van der Waals surface area contributed by atoms with Gasteiger partial charge in [-0.3, -0.25) is 4.79 Å². The van der Waals surface area contributed by atoms with Crippen LogP contribution in [0.5, 0.6) is 11.5 Å². The Balaban J connectivity index is 3.12. The van der Waals surface area contributed by atoms with Crippen LogP contribution in [0.3, 0.4) is 0 Å². The Kier molecular flexibility index (Phi) is 5.34. The van der Waals surface area contributed by atoms with Crippen LogP contribution in [0.15, 0.2) is 23.1 Å². The van der Waals surface area contributed by atoms with Gasteiger partial charge in [0.25, 0.3) is 15.9 Å². The number of methoxy groups -OCH3 is 3. The highest BCUT2D eigenvalue weighted by Gasteiger charge is 2.25. The summed E-state index contributed by atoms with van der Waals surface area (Å²) in [5, 5.41) is 0. The van der Waals surface area contributed by atoms with Gasteiger partial charge in [0, 0.05) is 13.2 Å². The Labute approximate surface area is 117 Å². The van der Waals surface area contributed by atoms with Gasteiger partial charge in [0.2, 0.25) is 0 Å². The van der Waals surface area contributed by atoms with Crippen molar-refractivity contribution in [2.45, 2.75) is 17.9 Å². The molecule has 0 spiro atoms. The van der Waals surface area contributed by atoms with E-state index >= 15 is 0 Å². The van der Waals surface area contributed by atoms with Crippen molar-refractivity contribution in [1.29, 1.82) is 0 Å². The minimum atomic E-state index is -4.04. The van der Waals surface area contributed by atoms with Crippen molar-refractivity contribution < 1.29 is 27.4 Å². The summed E-state index contributed by atoms with van der Waals surface area (Å²) in [6, 6.07) is 4.17. The maximum absolute atomic E-state index is 12.1. The third-order valence-electron chi connectivity index (χ3n) is 2.62. The number of hydrogen-bond donors (Lipinski definition) is 1. The lowest BCUT2D eigenvalue weighted by Gasteiger charge is -2.13. The average molecular weight is 303 g/mol. The molecule has 1 N–H and O–H groups in total. The minimum Gasteiger partial charge on any atom is -0.497 e. The molecular weight excluding hydrogens is 286 g/mol. The number of hydrogen-bond acceptors (Lipinski definition) is 6. The van der Waals surface area contributed by atoms with Crippen LogP contribution in [0.4, 0.5) is 0 Å². The summed E-state index contributed by atoms with van der Waals surface area (Å²) >= 11 is 0. The van der Waals surface area contributed by atoms with Gasteiger partial charge in [-0.25, -0.2) is 13.1 Å². The first-order valence-corrected chi connectivity index (χ1v) is 7.15. The van der Waals surface area contributed by atoms with Crippen LogP contribution in [0, 0.1) is 0 Å². The Hall–Kier alpha value is -1.80. The molecule has 0 fully saturated rings. The number of carbonyl (C=O) groups excluding carboxylic acids is 1. The van der Waals surface area contributed by atoms with Gasteiger partial charge in [-0.2, -0.15) is 0 Å². The Morgan fingerprint density at radius 1 is 1.20 bits per heavy atom. The molecule has 20 heavy (non-hydrogen) atoms.